The summed E-state index contributed by atoms with van der Waals surface area (Å²) in [5.41, 5.74) is -1.34. The Labute approximate surface area is 139 Å². The second kappa shape index (κ2) is 6.79. The van der Waals surface area contributed by atoms with Gasteiger partial charge < -0.3 is 9.64 Å². The first kappa shape index (κ1) is 17.6. The number of carbonyl (C=O) groups excluding carboxylic acids is 1. The monoisotopic (exact) mass is 367 g/mol. The molecule has 2 aromatic rings. The van der Waals surface area contributed by atoms with Gasteiger partial charge in [-0.3, -0.25) is 9.48 Å². The number of aromatic nitrogens is 2. The van der Waals surface area contributed by atoms with E-state index in [1.807, 2.05) is 0 Å². The van der Waals surface area contributed by atoms with Gasteiger partial charge in [0, 0.05) is 7.05 Å². The number of anilines is 1. The van der Waals surface area contributed by atoms with E-state index in [0.29, 0.717) is 15.3 Å². The number of thiophene rings is 1. The van der Waals surface area contributed by atoms with E-state index in [1.54, 1.807) is 11.4 Å². The lowest BCUT2D eigenvalue weighted by molar-refractivity contribution is -0.143. The van der Waals surface area contributed by atoms with Gasteiger partial charge in [0.1, 0.15) is 11.6 Å². The maximum Gasteiger partial charge on any atom is 0.435 e. The number of amides is 1. The van der Waals surface area contributed by atoms with Crippen LogP contribution in [0, 0.1) is 0 Å². The van der Waals surface area contributed by atoms with Gasteiger partial charge in [-0.15, -0.1) is 22.9 Å². The number of aryl methyl sites for hydroxylation is 1. The number of alkyl halides is 4. The summed E-state index contributed by atoms with van der Waals surface area (Å²) < 4.78 is 45.5. The Kier molecular flexibility index (Phi) is 5.20. The largest absolute Gasteiger partial charge is 0.496 e. The number of ether oxygens (including phenoxy) is 1. The SMILES string of the molecule is COc1ccsc1CN(C(=O)CCl)c1cnn(C)c1C(F)(F)F. The molecule has 0 spiro atoms. The molecule has 2 heterocycles. The summed E-state index contributed by atoms with van der Waals surface area (Å²) in [6.45, 7) is -0.0822. The molecule has 0 saturated heterocycles. The molecule has 0 aromatic carbocycles. The second-order valence-corrected chi connectivity index (χ2v) is 5.79. The molecule has 10 heteroatoms. The third-order valence-electron chi connectivity index (χ3n) is 3.12. The fourth-order valence-electron chi connectivity index (χ4n) is 2.10. The Bertz CT molecular complexity index is 699. The number of hydrogen-bond acceptors (Lipinski definition) is 4. The van der Waals surface area contributed by atoms with Crippen molar-refractivity contribution < 1.29 is 22.7 Å². The minimum atomic E-state index is -4.65. The van der Waals surface area contributed by atoms with Crippen LogP contribution in [0.5, 0.6) is 5.75 Å². The molecule has 0 radical (unpaired) electrons. The summed E-state index contributed by atoms with van der Waals surface area (Å²) >= 11 is 6.83. The van der Waals surface area contributed by atoms with Crippen molar-refractivity contribution in [1.82, 2.24) is 9.78 Å². The van der Waals surface area contributed by atoms with Crippen LogP contribution in [0.1, 0.15) is 10.6 Å². The molecule has 23 heavy (non-hydrogen) atoms. The van der Waals surface area contributed by atoms with Crippen LogP contribution in [-0.2, 0) is 24.6 Å². The summed E-state index contributed by atoms with van der Waals surface area (Å²) in [6, 6.07) is 1.68. The third kappa shape index (κ3) is 3.61. The maximum absolute atomic E-state index is 13.2. The predicted molar refractivity (Wildman–Crippen MR) is 81.0 cm³/mol. The van der Waals surface area contributed by atoms with Crippen molar-refractivity contribution in [2.45, 2.75) is 12.7 Å². The molecule has 2 aromatic heterocycles. The second-order valence-electron chi connectivity index (χ2n) is 4.53. The van der Waals surface area contributed by atoms with Crippen LogP contribution in [0.25, 0.3) is 0 Å². The predicted octanol–water partition coefficient (Wildman–Crippen LogP) is 3.28. The first-order chi connectivity index (χ1) is 10.8. The molecule has 2 rings (SSSR count). The fraction of sp³-hybridized carbons (Fsp3) is 0.385. The van der Waals surface area contributed by atoms with Gasteiger partial charge in [-0.2, -0.15) is 18.3 Å². The van der Waals surface area contributed by atoms with Gasteiger partial charge in [-0.25, -0.2) is 0 Å². The Morgan fingerprint density at radius 3 is 2.78 bits per heavy atom. The molecule has 126 valence electrons. The zero-order chi connectivity index (χ0) is 17.2. The molecule has 0 saturated carbocycles. The summed E-state index contributed by atoms with van der Waals surface area (Å²) in [4.78, 5) is 13.7. The van der Waals surface area contributed by atoms with Crippen LogP contribution in [0.2, 0.25) is 0 Å². The number of carbonyl (C=O) groups is 1. The van der Waals surface area contributed by atoms with Crippen molar-refractivity contribution in [2.24, 2.45) is 7.05 Å². The van der Waals surface area contributed by atoms with E-state index in [0.717, 1.165) is 11.1 Å². The number of rotatable bonds is 5. The summed E-state index contributed by atoms with van der Waals surface area (Å²) in [5.74, 6) is -0.597. The van der Waals surface area contributed by atoms with Crippen LogP contribution in [0.4, 0.5) is 18.9 Å². The van der Waals surface area contributed by atoms with Crippen LogP contribution in [0.3, 0.4) is 0 Å². The zero-order valence-corrected chi connectivity index (χ0v) is 13.8. The Morgan fingerprint density at radius 2 is 2.22 bits per heavy atom. The van der Waals surface area contributed by atoms with Crippen molar-refractivity contribution >= 4 is 34.5 Å². The maximum atomic E-state index is 13.2. The molecular formula is C13H13ClF3N3O2S. The highest BCUT2D eigenvalue weighted by Crippen LogP contribution is 2.38. The average Bonchev–Trinajstić information content (AvgIpc) is 3.09. The summed E-state index contributed by atoms with van der Waals surface area (Å²) in [6.07, 6.45) is -3.64. The minimum absolute atomic E-state index is 0.0822. The molecule has 0 atom stereocenters. The number of halogens is 4. The van der Waals surface area contributed by atoms with Crippen molar-refractivity contribution in [2.75, 3.05) is 17.9 Å². The van der Waals surface area contributed by atoms with E-state index in [9.17, 15) is 18.0 Å². The zero-order valence-electron chi connectivity index (χ0n) is 12.2. The highest BCUT2D eigenvalue weighted by molar-refractivity contribution is 7.10. The van der Waals surface area contributed by atoms with E-state index in [-0.39, 0.29) is 12.2 Å². The van der Waals surface area contributed by atoms with Gasteiger partial charge in [0.25, 0.3) is 0 Å². The van der Waals surface area contributed by atoms with Crippen molar-refractivity contribution in [3.8, 4) is 5.75 Å². The smallest absolute Gasteiger partial charge is 0.435 e. The van der Waals surface area contributed by atoms with Crippen molar-refractivity contribution in [3.63, 3.8) is 0 Å². The molecule has 0 aliphatic carbocycles. The van der Waals surface area contributed by atoms with Gasteiger partial charge in [0.15, 0.2) is 5.69 Å². The molecule has 0 fully saturated rings. The molecule has 1 amide bonds. The molecule has 0 unspecified atom stereocenters. The minimum Gasteiger partial charge on any atom is -0.496 e. The van der Waals surface area contributed by atoms with E-state index < -0.39 is 23.7 Å². The fourth-order valence-corrected chi connectivity index (χ4v) is 3.07. The van der Waals surface area contributed by atoms with Gasteiger partial charge in [-0.05, 0) is 11.4 Å². The Morgan fingerprint density at radius 1 is 1.52 bits per heavy atom. The average molecular weight is 368 g/mol. The summed E-state index contributed by atoms with van der Waals surface area (Å²) in [7, 11) is 2.62. The van der Waals surface area contributed by atoms with E-state index in [4.69, 9.17) is 16.3 Å². The molecule has 0 N–H and O–H groups in total. The van der Waals surface area contributed by atoms with Crippen molar-refractivity contribution in [3.05, 3.63) is 28.2 Å². The number of methoxy groups -OCH3 is 1. The van der Waals surface area contributed by atoms with Gasteiger partial charge in [-0.1, -0.05) is 0 Å². The summed E-state index contributed by atoms with van der Waals surface area (Å²) in [5, 5.41) is 5.35. The normalized spacial score (nSPS) is 11.6. The van der Waals surface area contributed by atoms with Gasteiger partial charge in [0.2, 0.25) is 5.91 Å². The van der Waals surface area contributed by atoms with E-state index in [2.05, 4.69) is 5.10 Å². The molecule has 0 aliphatic heterocycles. The Hall–Kier alpha value is -1.74. The number of hydrogen-bond donors (Lipinski definition) is 0. The third-order valence-corrected chi connectivity index (χ3v) is 4.24. The lowest BCUT2D eigenvalue weighted by Gasteiger charge is -2.22. The number of nitrogens with zero attached hydrogens (tertiary/aromatic N) is 3. The van der Waals surface area contributed by atoms with Crippen LogP contribution >= 0.6 is 22.9 Å². The first-order valence-corrected chi connectivity index (χ1v) is 7.76. The molecule has 5 nitrogen and oxygen atoms in total. The van der Waals surface area contributed by atoms with Crippen LogP contribution in [-0.4, -0.2) is 28.7 Å². The van der Waals surface area contributed by atoms with Gasteiger partial charge in [0.05, 0.1) is 30.4 Å². The van der Waals surface area contributed by atoms with Crippen LogP contribution < -0.4 is 9.64 Å². The lowest BCUT2D eigenvalue weighted by Crippen LogP contribution is -2.33. The molecular weight excluding hydrogens is 355 g/mol. The first-order valence-electron chi connectivity index (χ1n) is 6.35. The van der Waals surface area contributed by atoms with Crippen LogP contribution in [0.15, 0.2) is 17.6 Å². The van der Waals surface area contributed by atoms with Gasteiger partial charge >= 0.3 is 6.18 Å². The lowest BCUT2D eigenvalue weighted by atomic mass is 10.3. The molecule has 0 aliphatic rings. The highest BCUT2D eigenvalue weighted by Gasteiger charge is 2.40. The quantitative estimate of drug-likeness (QED) is 0.762. The van der Waals surface area contributed by atoms with E-state index >= 15 is 0 Å². The van der Waals surface area contributed by atoms with E-state index in [1.165, 1.54) is 25.5 Å². The highest BCUT2D eigenvalue weighted by atomic mass is 35.5. The topological polar surface area (TPSA) is 47.4 Å². The Balaban J connectivity index is 2.47. The molecule has 0 bridgehead atoms. The van der Waals surface area contributed by atoms with Crippen molar-refractivity contribution in [1.29, 1.82) is 0 Å². The standard InChI is InChI=1S/C13H13ClF3N3O2S/c1-19-12(13(15,16)17)8(6-18-19)20(11(21)5-14)7-10-9(22-2)3-4-23-10/h3-4,6H,5,7H2,1-2H3.